The Labute approximate surface area is 91.1 Å². The van der Waals surface area contributed by atoms with Gasteiger partial charge in [-0.05, 0) is 12.8 Å². The van der Waals surface area contributed by atoms with Gasteiger partial charge in [0.05, 0.1) is 0 Å². The lowest BCUT2D eigenvalue weighted by molar-refractivity contribution is 0.0561. The molecule has 82 valence electrons. The summed E-state index contributed by atoms with van der Waals surface area (Å²) < 4.78 is 5.28. The molecule has 1 N–H and O–H groups in total. The van der Waals surface area contributed by atoms with Crippen LogP contribution in [0.1, 0.15) is 34.6 Å². The number of ether oxygens (including phenoxy) is 1. The normalized spacial score (nSPS) is 20.1. The Morgan fingerprint density at radius 3 is 2.67 bits per heavy atom. The molecular formula is C9H12N2O3S. The van der Waals surface area contributed by atoms with Crippen molar-refractivity contribution in [3.8, 4) is 0 Å². The molecule has 0 bridgehead atoms. The van der Waals surface area contributed by atoms with Crippen LogP contribution in [0.2, 0.25) is 0 Å². The van der Waals surface area contributed by atoms with Gasteiger partial charge >= 0.3 is 5.97 Å². The SMILES string of the molecule is CC1(c2nnc(C(=O)O)s2)CCOCC1. The quantitative estimate of drug-likeness (QED) is 0.826. The highest BCUT2D eigenvalue weighted by molar-refractivity contribution is 7.13. The molecule has 6 heteroatoms. The minimum atomic E-state index is -1.01. The molecule has 1 aromatic rings. The van der Waals surface area contributed by atoms with Gasteiger partial charge in [0.2, 0.25) is 5.01 Å². The van der Waals surface area contributed by atoms with E-state index in [-0.39, 0.29) is 10.4 Å². The van der Waals surface area contributed by atoms with E-state index in [0.29, 0.717) is 13.2 Å². The van der Waals surface area contributed by atoms with Gasteiger partial charge < -0.3 is 9.84 Å². The van der Waals surface area contributed by atoms with Crippen molar-refractivity contribution in [3.05, 3.63) is 10.0 Å². The van der Waals surface area contributed by atoms with Crippen molar-refractivity contribution in [2.45, 2.75) is 25.2 Å². The minimum Gasteiger partial charge on any atom is -0.476 e. The number of nitrogens with zero attached hydrogens (tertiary/aromatic N) is 2. The second kappa shape index (κ2) is 3.86. The first-order chi connectivity index (χ1) is 7.12. The third kappa shape index (κ3) is 2.00. The fraction of sp³-hybridized carbons (Fsp3) is 0.667. The summed E-state index contributed by atoms with van der Waals surface area (Å²) in [5, 5.41) is 17.3. The molecule has 15 heavy (non-hydrogen) atoms. The number of hydrogen-bond donors (Lipinski definition) is 1. The van der Waals surface area contributed by atoms with E-state index in [1.165, 1.54) is 11.3 Å². The van der Waals surface area contributed by atoms with Crippen LogP contribution in [0.3, 0.4) is 0 Å². The van der Waals surface area contributed by atoms with Crippen LogP contribution in [0.5, 0.6) is 0 Å². The van der Waals surface area contributed by atoms with Gasteiger partial charge in [-0.2, -0.15) is 0 Å². The molecule has 0 atom stereocenters. The van der Waals surface area contributed by atoms with Crippen molar-refractivity contribution in [1.82, 2.24) is 10.2 Å². The summed E-state index contributed by atoms with van der Waals surface area (Å²) in [7, 11) is 0. The third-order valence-electron chi connectivity index (χ3n) is 2.72. The molecule has 0 radical (unpaired) electrons. The van der Waals surface area contributed by atoms with Crippen LogP contribution >= 0.6 is 11.3 Å². The molecule has 1 saturated heterocycles. The number of aromatic carboxylic acids is 1. The first-order valence-electron chi connectivity index (χ1n) is 4.77. The summed E-state index contributed by atoms with van der Waals surface area (Å²) in [6, 6.07) is 0. The van der Waals surface area contributed by atoms with Crippen molar-refractivity contribution < 1.29 is 14.6 Å². The van der Waals surface area contributed by atoms with Crippen molar-refractivity contribution >= 4 is 17.3 Å². The summed E-state index contributed by atoms with van der Waals surface area (Å²) in [6.45, 7) is 3.50. The lowest BCUT2D eigenvalue weighted by Gasteiger charge is -2.30. The van der Waals surface area contributed by atoms with Crippen molar-refractivity contribution in [2.24, 2.45) is 0 Å². The largest absolute Gasteiger partial charge is 0.476 e. The summed E-state index contributed by atoms with van der Waals surface area (Å²) in [5.41, 5.74) is -0.0659. The van der Waals surface area contributed by atoms with Crippen LogP contribution in [0.25, 0.3) is 0 Å². The van der Waals surface area contributed by atoms with Crippen LogP contribution in [0.15, 0.2) is 0 Å². The molecular weight excluding hydrogens is 216 g/mol. The molecule has 0 aliphatic carbocycles. The molecule has 0 saturated carbocycles. The Bertz CT molecular complexity index is 371. The van der Waals surface area contributed by atoms with E-state index < -0.39 is 5.97 Å². The van der Waals surface area contributed by atoms with Gasteiger partial charge in [-0.25, -0.2) is 4.79 Å². The Hall–Kier alpha value is -1.01. The first-order valence-corrected chi connectivity index (χ1v) is 5.58. The Kier molecular flexibility index (Phi) is 2.70. The summed E-state index contributed by atoms with van der Waals surface area (Å²) in [4.78, 5) is 10.7. The van der Waals surface area contributed by atoms with Crippen molar-refractivity contribution in [2.75, 3.05) is 13.2 Å². The zero-order valence-electron chi connectivity index (χ0n) is 8.39. The van der Waals surface area contributed by atoms with Crippen LogP contribution < -0.4 is 0 Å². The highest BCUT2D eigenvalue weighted by Crippen LogP contribution is 2.35. The molecule has 5 nitrogen and oxygen atoms in total. The maximum absolute atomic E-state index is 10.7. The first kappa shape index (κ1) is 10.5. The van der Waals surface area contributed by atoms with E-state index in [9.17, 15) is 4.79 Å². The highest BCUT2D eigenvalue weighted by atomic mass is 32.1. The van der Waals surface area contributed by atoms with Crippen LogP contribution in [-0.2, 0) is 10.2 Å². The Balaban J connectivity index is 2.23. The minimum absolute atomic E-state index is 0.0659. The van der Waals surface area contributed by atoms with Gasteiger partial charge in [-0.1, -0.05) is 18.3 Å². The number of hydrogen-bond acceptors (Lipinski definition) is 5. The highest BCUT2D eigenvalue weighted by Gasteiger charge is 2.33. The maximum atomic E-state index is 10.7. The van der Waals surface area contributed by atoms with Gasteiger partial charge in [-0.15, -0.1) is 10.2 Å². The molecule has 1 aliphatic rings. The van der Waals surface area contributed by atoms with Gasteiger partial charge in [0.15, 0.2) is 0 Å². The van der Waals surface area contributed by atoms with Gasteiger partial charge in [0.25, 0.3) is 0 Å². The fourth-order valence-electron chi connectivity index (χ4n) is 1.59. The predicted molar refractivity (Wildman–Crippen MR) is 54.3 cm³/mol. The zero-order chi connectivity index (χ0) is 10.9. The predicted octanol–water partition coefficient (Wildman–Crippen LogP) is 1.30. The van der Waals surface area contributed by atoms with E-state index in [2.05, 4.69) is 17.1 Å². The number of carboxylic acids is 1. The lowest BCUT2D eigenvalue weighted by Crippen LogP contribution is -2.30. The van der Waals surface area contributed by atoms with Crippen LogP contribution in [-0.4, -0.2) is 34.5 Å². The number of carboxylic acid groups (broad SMARTS) is 1. The number of carbonyl (C=O) groups is 1. The van der Waals surface area contributed by atoms with Crippen molar-refractivity contribution in [3.63, 3.8) is 0 Å². The topological polar surface area (TPSA) is 72.3 Å². The standard InChI is InChI=1S/C9H12N2O3S/c1-9(2-4-14-5-3-9)8-11-10-6(15-8)7(12)13/h2-5H2,1H3,(H,12,13). The Morgan fingerprint density at radius 2 is 2.13 bits per heavy atom. The fourth-order valence-corrected chi connectivity index (χ4v) is 2.47. The lowest BCUT2D eigenvalue weighted by atomic mass is 9.83. The molecule has 0 unspecified atom stereocenters. The monoisotopic (exact) mass is 228 g/mol. The number of aromatic nitrogens is 2. The maximum Gasteiger partial charge on any atom is 0.367 e. The molecule has 1 fully saturated rings. The summed E-state index contributed by atoms with van der Waals surface area (Å²) >= 11 is 1.17. The average molecular weight is 228 g/mol. The number of rotatable bonds is 2. The van der Waals surface area contributed by atoms with E-state index in [1.807, 2.05) is 0 Å². The molecule has 0 amide bonds. The molecule has 1 aromatic heterocycles. The zero-order valence-corrected chi connectivity index (χ0v) is 9.21. The van der Waals surface area contributed by atoms with Crippen LogP contribution in [0, 0.1) is 0 Å². The van der Waals surface area contributed by atoms with E-state index in [0.717, 1.165) is 17.8 Å². The van der Waals surface area contributed by atoms with Gasteiger partial charge in [-0.3, -0.25) is 0 Å². The van der Waals surface area contributed by atoms with Gasteiger partial charge in [0.1, 0.15) is 5.01 Å². The Morgan fingerprint density at radius 1 is 1.47 bits per heavy atom. The summed E-state index contributed by atoms with van der Waals surface area (Å²) in [5.74, 6) is -1.01. The van der Waals surface area contributed by atoms with Crippen LogP contribution in [0.4, 0.5) is 0 Å². The molecule has 1 aliphatic heterocycles. The molecule has 0 spiro atoms. The average Bonchev–Trinajstić information content (AvgIpc) is 2.68. The van der Waals surface area contributed by atoms with E-state index in [4.69, 9.17) is 9.84 Å². The molecule has 2 rings (SSSR count). The third-order valence-corrected chi connectivity index (χ3v) is 3.94. The van der Waals surface area contributed by atoms with E-state index in [1.54, 1.807) is 0 Å². The second-order valence-electron chi connectivity index (χ2n) is 3.89. The van der Waals surface area contributed by atoms with E-state index >= 15 is 0 Å². The molecule has 0 aromatic carbocycles. The summed E-state index contributed by atoms with van der Waals surface area (Å²) in [6.07, 6.45) is 1.75. The second-order valence-corrected chi connectivity index (χ2v) is 4.87. The van der Waals surface area contributed by atoms with Gasteiger partial charge in [0, 0.05) is 18.6 Å². The molecule has 2 heterocycles. The smallest absolute Gasteiger partial charge is 0.367 e. The van der Waals surface area contributed by atoms with Crippen molar-refractivity contribution in [1.29, 1.82) is 0 Å².